The average molecular weight is 398 g/mol. The Balaban J connectivity index is 0.00000338. The molecule has 0 heterocycles. The van der Waals surface area contributed by atoms with Gasteiger partial charge in [0.1, 0.15) is 0 Å². The van der Waals surface area contributed by atoms with Crippen molar-refractivity contribution in [3.05, 3.63) is 65.7 Å². The summed E-state index contributed by atoms with van der Waals surface area (Å²) < 4.78 is 26.1. The Kier molecular flexibility index (Phi) is 8.74. The molecule has 8 heteroatoms. The number of halogens is 1. The van der Waals surface area contributed by atoms with Crippen molar-refractivity contribution in [1.29, 1.82) is 0 Å². The van der Waals surface area contributed by atoms with Gasteiger partial charge in [0.05, 0.1) is 4.90 Å². The highest BCUT2D eigenvalue weighted by atomic mass is 35.5. The van der Waals surface area contributed by atoms with Gasteiger partial charge in [0.2, 0.25) is 10.0 Å². The van der Waals surface area contributed by atoms with Gasteiger partial charge in [0.25, 0.3) is 5.91 Å². The molecule has 0 radical (unpaired) electrons. The van der Waals surface area contributed by atoms with Crippen molar-refractivity contribution in [2.75, 3.05) is 26.7 Å². The molecule has 6 nitrogen and oxygen atoms in total. The summed E-state index contributed by atoms with van der Waals surface area (Å²) in [6.07, 6.45) is 0.709. The molecule has 26 heavy (non-hydrogen) atoms. The Morgan fingerprint density at radius 3 is 2.38 bits per heavy atom. The number of carbonyl (C=O) groups is 1. The highest BCUT2D eigenvalue weighted by molar-refractivity contribution is 7.89. The molecule has 3 N–H and O–H groups in total. The number of carbonyl (C=O) groups excluding carboxylic acids is 1. The summed E-state index contributed by atoms with van der Waals surface area (Å²) in [6.45, 7) is 1.27. The summed E-state index contributed by atoms with van der Waals surface area (Å²) in [5, 5.41) is 0. The molecule has 142 valence electrons. The van der Waals surface area contributed by atoms with Gasteiger partial charge in [0, 0.05) is 25.2 Å². The van der Waals surface area contributed by atoms with Gasteiger partial charge >= 0.3 is 0 Å². The van der Waals surface area contributed by atoms with Crippen LogP contribution in [0.1, 0.15) is 15.9 Å². The van der Waals surface area contributed by atoms with Crippen molar-refractivity contribution in [3.8, 4) is 0 Å². The van der Waals surface area contributed by atoms with Gasteiger partial charge in [-0.3, -0.25) is 4.79 Å². The van der Waals surface area contributed by atoms with E-state index in [1.54, 1.807) is 17.0 Å². The van der Waals surface area contributed by atoms with Crippen LogP contribution in [0.3, 0.4) is 0 Å². The monoisotopic (exact) mass is 397 g/mol. The van der Waals surface area contributed by atoms with Gasteiger partial charge < -0.3 is 10.6 Å². The van der Waals surface area contributed by atoms with Crippen LogP contribution in [0.15, 0.2) is 59.5 Å². The van der Waals surface area contributed by atoms with Crippen LogP contribution in [0.25, 0.3) is 0 Å². The minimum absolute atomic E-state index is 0. The fourth-order valence-electron chi connectivity index (χ4n) is 2.48. The molecule has 0 spiro atoms. The number of hydrogen-bond acceptors (Lipinski definition) is 4. The molecule has 0 aliphatic heterocycles. The molecule has 0 aromatic heterocycles. The van der Waals surface area contributed by atoms with Gasteiger partial charge in [-0.1, -0.05) is 36.4 Å². The van der Waals surface area contributed by atoms with Crippen molar-refractivity contribution in [2.45, 2.75) is 11.3 Å². The highest BCUT2D eigenvalue weighted by Gasteiger charge is 2.18. The van der Waals surface area contributed by atoms with E-state index in [-0.39, 0.29) is 23.2 Å². The molecule has 2 aromatic rings. The summed E-state index contributed by atoms with van der Waals surface area (Å²) in [4.78, 5) is 14.5. The van der Waals surface area contributed by atoms with Gasteiger partial charge in [-0.2, -0.15) is 0 Å². The SMILES string of the molecule is CNS(=O)(=O)c1cccc(C(=O)N(CCN)CCc2ccccc2)c1.Cl. The summed E-state index contributed by atoms with van der Waals surface area (Å²) in [6, 6.07) is 15.9. The standard InChI is InChI=1S/C18H23N3O3S.ClH/c1-20-25(23,24)17-9-5-8-16(14-17)18(22)21(13-11-19)12-10-15-6-3-2-4-7-15;/h2-9,14,20H,10-13,19H2,1H3;1H. The largest absolute Gasteiger partial charge is 0.337 e. The number of rotatable bonds is 8. The van der Waals surface area contributed by atoms with Crippen molar-refractivity contribution in [2.24, 2.45) is 5.73 Å². The number of nitrogens with one attached hydrogen (secondary N) is 1. The molecular weight excluding hydrogens is 374 g/mol. The van der Waals surface area contributed by atoms with E-state index in [9.17, 15) is 13.2 Å². The Hall–Kier alpha value is -1.93. The van der Waals surface area contributed by atoms with Crippen LogP contribution >= 0.6 is 12.4 Å². The van der Waals surface area contributed by atoms with E-state index in [1.807, 2.05) is 30.3 Å². The Morgan fingerprint density at radius 1 is 1.08 bits per heavy atom. The molecule has 0 fully saturated rings. The minimum Gasteiger partial charge on any atom is -0.337 e. The lowest BCUT2D eigenvalue weighted by molar-refractivity contribution is 0.0762. The van der Waals surface area contributed by atoms with Crippen LogP contribution in [-0.2, 0) is 16.4 Å². The number of nitrogens with zero attached hydrogens (tertiary/aromatic N) is 1. The Labute approximate surface area is 160 Å². The third-order valence-electron chi connectivity index (χ3n) is 3.86. The van der Waals surface area contributed by atoms with Gasteiger partial charge in [-0.15, -0.1) is 12.4 Å². The first-order valence-corrected chi connectivity index (χ1v) is 9.53. The second-order valence-corrected chi connectivity index (χ2v) is 7.44. The quantitative estimate of drug-likeness (QED) is 0.708. The van der Waals surface area contributed by atoms with Crippen molar-refractivity contribution < 1.29 is 13.2 Å². The molecule has 0 atom stereocenters. The summed E-state index contributed by atoms with van der Waals surface area (Å²) in [5.41, 5.74) is 7.10. The maximum absolute atomic E-state index is 12.8. The van der Waals surface area contributed by atoms with E-state index >= 15 is 0 Å². The van der Waals surface area contributed by atoms with Crippen molar-refractivity contribution in [3.63, 3.8) is 0 Å². The fraction of sp³-hybridized carbons (Fsp3) is 0.278. The van der Waals surface area contributed by atoms with E-state index in [0.29, 0.717) is 31.6 Å². The molecule has 0 aliphatic rings. The minimum atomic E-state index is -3.59. The van der Waals surface area contributed by atoms with E-state index < -0.39 is 10.0 Å². The zero-order valence-corrected chi connectivity index (χ0v) is 16.2. The lowest BCUT2D eigenvalue weighted by Gasteiger charge is -2.22. The zero-order valence-electron chi connectivity index (χ0n) is 14.6. The average Bonchev–Trinajstić information content (AvgIpc) is 2.65. The van der Waals surface area contributed by atoms with Crippen LogP contribution < -0.4 is 10.5 Å². The summed E-state index contributed by atoms with van der Waals surface area (Å²) in [5.74, 6) is -0.227. The molecule has 0 unspecified atom stereocenters. The Morgan fingerprint density at radius 2 is 1.77 bits per heavy atom. The summed E-state index contributed by atoms with van der Waals surface area (Å²) >= 11 is 0. The molecule has 0 saturated heterocycles. The smallest absolute Gasteiger partial charge is 0.253 e. The molecular formula is C18H24ClN3O3S. The zero-order chi connectivity index (χ0) is 18.3. The maximum atomic E-state index is 12.8. The molecule has 1 amide bonds. The number of amides is 1. The molecule has 0 bridgehead atoms. The summed E-state index contributed by atoms with van der Waals surface area (Å²) in [7, 11) is -2.26. The van der Waals surface area contributed by atoms with Crippen molar-refractivity contribution >= 4 is 28.3 Å². The second-order valence-electron chi connectivity index (χ2n) is 5.55. The van der Waals surface area contributed by atoms with Crippen LogP contribution in [0.4, 0.5) is 0 Å². The highest BCUT2D eigenvalue weighted by Crippen LogP contribution is 2.13. The van der Waals surface area contributed by atoms with Gasteiger partial charge in [-0.25, -0.2) is 13.1 Å². The topological polar surface area (TPSA) is 92.5 Å². The van der Waals surface area contributed by atoms with Crippen LogP contribution in [-0.4, -0.2) is 45.9 Å². The molecule has 0 aliphatic carbocycles. The predicted molar refractivity (Wildman–Crippen MR) is 105 cm³/mol. The third-order valence-corrected chi connectivity index (χ3v) is 5.27. The van der Waals surface area contributed by atoms with E-state index in [4.69, 9.17) is 5.73 Å². The third kappa shape index (κ3) is 5.81. The first-order valence-electron chi connectivity index (χ1n) is 8.05. The number of hydrogen-bond donors (Lipinski definition) is 2. The number of sulfonamides is 1. The molecule has 2 rings (SSSR count). The maximum Gasteiger partial charge on any atom is 0.253 e. The van der Waals surface area contributed by atoms with Gasteiger partial charge in [0.15, 0.2) is 0 Å². The fourth-order valence-corrected chi connectivity index (χ4v) is 3.25. The first kappa shape index (κ1) is 22.1. The normalized spacial score (nSPS) is 10.8. The van der Waals surface area contributed by atoms with E-state index in [0.717, 1.165) is 5.56 Å². The lowest BCUT2D eigenvalue weighted by Crippen LogP contribution is -2.37. The Bertz CT molecular complexity index is 813. The van der Waals surface area contributed by atoms with Crippen LogP contribution in [0.2, 0.25) is 0 Å². The number of nitrogens with two attached hydrogens (primary N) is 1. The first-order chi connectivity index (χ1) is 12.0. The van der Waals surface area contributed by atoms with Crippen molar-refractivity contribution in [1.82, 2.24) is 9.62 Å². The lowest BCUT2D eigenvalue weighted by atomic mass is 10.1. The second kappa shape index (κ2) is 10.3. The van der Waals surface area contributed by atoms with E-state index in [2.05, 4.69) is 4.72 Å². The van der Waals surface area contributed by atoms with Crippen LogP contribution in [0, 0.1) is 0 Å². The molecule has 2 aromatic carbocycles. The van der Waals surface area contributed by atoms with E-state index in [1.165, 1.54) is 19.2 Å². The predicted octanol–water partition coefficient (Wildman–Crippen LogP) is 1.66. The molecule has 0 saturated carbocycles. The van der Waals surface area contributed by atoms with Gasteiger partial charge in [-0.05, 0) is 37.2 Å². The number of benzene rings is 2. The van der Waals surface area contributed by atoms with Crippen LogP contribution in [0.5, 0.6) is 0 Å².